The van der Waals surface area contributed by atoms with Gasteiger partial charge in [0, 0.05) is 32.4 Å². The summed E-state index contributed by atoms with van der Waals surface area (Å²) in [6.07, 6.45) is 3.55. The lowest BCUT2D eigenvalue weighted by Gasteiger charge is -2.32. The lowest BCUT2D eigenvalue weighted by atomic mass is 10.0. The standard InChI is InChI=1S/C17H19FN6O/c1-11-14(10-22(2)20-11)17(25)23-7-3-4-13(9-23)24-16-6-5-12(18)8-15(16)19-21-24/h5-6,8,10,13H,3-4,7,9H2,1-2H3. The zero-order chi connectivity index (χ0) is 17.6. The van der Waals surface area contributed by atoms with Gasteiger partial charge in [-0.1, -0.05) is 5.21 Å². The fourth-order valence-electron chi connectivity index (χ4n) is 3.50. The molecule has 1 saturated heterocycles. The van der Waals surface area contributed by atoms with Gasteiger partial charge in [-0.3, -0.25) is 9.48 Å². The first kappa shape index (κ1) is 15.7. The van der Waals surface area contributed by atoms with Crippen LogP contribution in [0.2, 0.25) is 0 Å². The molecule has 1 aliphatic heterocycles. The highest BCUT2D eigenvalue weighted by atomic mass is 19.1. The number of hydrogen-bond donors (Lipinski definition) is 0. The van der Waals surface area contributed by atoms with Crippen LogP contribution in [0.25, 0.3) is 11.0 Å². The second kappa shape index (κ2) is 5.94. The van der Waals surface area contributed by atoms with Crippen molar-refractivity contribution >= 4 is 16.9 Å². The molecule has 0 radical (unpaired) electrons. The number of halogens is 1. The van der Waals surface area contributed by atoms with Crippen LogP contribution < -0.4 is 0 Å². The SMILES string of the molecule is Cc1nn(C)cc1C(=O)N1CCCC(n2nnc3cc(F)ccc32)C1. The molecule has 0 bridgehead atoms. The number of benzene rings is 1. The molecule has 3 aromatic rings. The Hall–Kier alpha value is -2.77. The van der Waals surface area contributed by atoms with Gasteiger partial charge >= 0.3 is 0 Å². The van der Waals surface area contributed by atoms with Crippen LogP contribution in [0, 0.1) is 12.7 Å². The van der Waals surface area contributed by atoms with Gasteiger partial charge in [0.25, 0.3) is 5.91 Å². The second-order valence-electron chi connectivity index (χ2n) is 6.52. The van der Waals surface area contributed by atoms with Gasteiger partial charge in [0.1, 0.15) is 11.3 Å². The first-order valence-corrected chi connectivity index (χ1v) is 8.33. The summed E-state index contributed by atoms with van der Waals surface area (Å²) in [5, 5.41) is 12.5. The molecule has 1 aliphatic rings. The van der Waals surface area contributed by atoms with Crippen molar-refractivity contribution in [2.45, 2.75) is 25.8 Å². The minimum absolute atomic E-state index is 0.00855. The van der Waals surface area contributed by atoms with Crippen molar-refractivity contribution in [3.05, 3.63) is 41.5 Å². The Kier molecular flexibility index (Phi) is 3.74. The van der Waals surface area contributed by atoms with Crippen LogP contribution in [-0.2, 0) is 7.05 Å². The summed E-state index contributed by atoms with van der Waals surface area (Å²) in [5.74, 6) is -0.335. The van der Waals surface area contributed by atoms with Crippen molar-refractivity contribution in [3.63, 3.8) is 0 Å². The molecule has 1 amide bonds. The predicted octanol–water partition coefficient (Wildman–Crippen LogP) is 2.09. The predicted molar refractivity (Wildman–Crippen MR) is 89.6 cm³/mol. The molecule has 2 aromatic heterocycles. The van der Waals surface area contributed by atoms with Crippen LogP contribution in [0.3, 0.4) is 0 Å². The van der Waals surface area contributed by atoms with Gasteiger partial charge < -0.3 is 4.90 Å². The topological polar surface area (TPSA) is 68.8 Å². The molecule has 7 nitrogen and oxygen atoms in total. The highest BCUT2D eigenvalue weighted by molar-refractivity contribution is 5.95. The second-order valence-corrected chi connectivity index (χ2v) is 6.52. The Balaban J connectivity index is 1.60. The van der Waals surface area contributed by atoms with Crippen molar-refractivity contribution in [1.29, 1.82) is 0 Å². The molecule has 1 unspecified atom stereocenters. The highest BCUT2D eigenvalue weighted by Crippen LogP contribution is 2.26. The molecule has 1 fully saturated rings. The molecular formula is C17H19FN6O. The third kappa shape index (κ3) is 2.77. The number of likely N-dealkylation sites (tertiary alicyclic amines) is 1. The third-order valence-corrected chi connectivity index (χ3v) is 4.71. The zero-order valence-corrected chi connectivity index (χ0v) is 14.2. The highest BCUT2D eigenvalue weighted by Gasteiger charge is 2.28. The summed E-state index contributed by atoms with van der Waals surface area (Å²) in [7, 11) is 1.81. The molecule has 0 saturated carbocycles. The van der Waals surface area contributed by atoms with Crippen molar-refractivity contribution in [1.82, 2.24) is 29.7 Å². The first-order chi connectivity index (χ1) is 12.0. The Morgan fingerprint density at radius 1 is 1.36 bits per heavy atom. The summed E-state index contributed by atoms with van der Waals surface area (Å²) >= 11 is 0. The number of amides is 1. The van der Waals surface area contributed by atoms with Gasteiger partial charge in [-0.15, -0.1) is 5.10 Å². The summed E-state index contributed by atoms with van der Waals surface area (Å²) in [6.45, 7) is 3.11. The molecule has 4 rings (SSSR count). The van der Waals surface area contributed by atoms with E-state index in [1.807, 2.05) is 23.6 Å². The molecule has 0 spiro atoms. The largest absolute Gasteiger partial charge is 0.336 e. The Morgan fingerprint density at radius 2 is 2.20 bits per heavy atom. The molecule has 1 atom stereocenters. The maximum Gasteiger partial charge on any atom is 0.257 e. The third-order valence-electron chi connectivity index (χ3n) is 4.71. The van der Waals surface area contributed by atoms with Gasteiger partial charge in [0.05, 0.1) is 22.8 Å². The van der Waals surface area contributed by atoms with Crippen molar-refractivity contribution < 1.29 is 9.18 Å². The molecule has 0 N–H and O–H groups in total. The number of hydrogen-bond acceptors (Lipinski definition) is 4. The minimum atomic E-state index is -0.327. The van der Waals surface area contributed by atoms with Crippen molar-refractivity contribution in [2.75, 3.05) is 13.1 Å². The average molecular weight is 342 g/mol. The lowest BCUT2D eigenvalue weighted by molar-refractivity contribution is 0.0673. The number of carbonyl (C=O) groups excluding carboxylic acids is 1. The number of fused-ring (bicyclic) bond motifs is 1. The summed E-state index contributed by atoms with van der Waals surface area (Å²) < 4.78 is 16.8. The maximum atomic E-state index is 13.3. The van der Waals surface area contributed by atoms with Gasteiger partial charge in [-0.05, 0) is 31.9 Å². The Morgan fingerprint density at radius 3 is 2.96 bits per heavy atom. The van der Waals surface area contributed by atoms with Crippen LogP contribution >= 0.6 is 0 Å². The smallest absolute Gasteiger partial charge is 0.257 e. The summed E-state index contributed by atoms with van der Waals surface area (Å²) in [4.78, 5) is 14.7. The fraction of sp³-hybridized carbons (Fsp3) is 0.412. The number of rotatable bonds is 2. The lowest BCUT2D eigenvalue weighted by Crippen LogP contribution is -2.41. The van der Waals surface area contributed by atoms with Gasteiger partial charge in [0.15, 0.2) is 0 Å². The van der Waals surface area contributed by atoms with E-state index in [4.69, 9.17) is 0 Å². The number of aryl methyl sites for hydroxylation is 2. The molecule has 1 aromatic carbocycles. The van der Waals surface area contributed by atoms with E-state index in [1.165, 1.54) is 12.1 Å². The Labute approximate surface area is 144 Å². The van der Waals surface area contributed by atoms with Gasteiger partial charge in [0.2, 0.25) is 0 Å². The van der Waals surface area contributed by atoms with E-state index in [-0.39, 0.29) is 17.8 Å². The number of aromatic nitrogens is 5. The van der Waals surface area contributed by atoms with Crippen LogP contribution in [0.4, 0.5) is 4.39 Å². The van der Waals surface area contributed by atoms with E-state index in [0.717, 1.165) is 24.1 Å². The zero-order valence-electron chi connectivity index (χ0n) is 14.2. The van der Waals surface area contributed by atoms with E-state index in [9.17, 15) is 9.18 Å². The van der Waals surface area contributed by atoms with Crippen LogP contribution in [0.1, 0.15) is 34.9 Å². The van der Waals surface area contributed by atoms with E-state index >= 15 is 0 Å². The number of carbonyl (C=O) groups is 1. The molecule has 8 heteroatoms. The van der Waals surface area contributed by atoms with Gasteiger partial charge in [-0.2, -0.15) is 5.10 Å². The van der Waals surface area contributed by atoms with Crippen LogP contribution in [0.5, 0.6) is 0 Å². The van der Waals surface area contributed by atoms with E-state index < -0.39 is 0 Å². The fourth-order valence-corrected chi connectivity index (χ4v) is 3.50. The van der Waals surface area contributed by atoms with Gasteiger partial charge in [-0.25, -0.2) is 9.07 Å². The van der Waals surface area contributed by atoms with Crippen LogP contribution in [-0.4, -0.2) is 48.7 Å². The minimum Gasteiger partial charge on any atom is -0.336 e. The number of piperidine rings is 1. The monoisotopic (exact) mass is 342 g/mol. The van der Waals surface area contributed by atoms with E-state index in [0.29, 0.717) is 24.2 Å². The van der Waals surface area contributed by atoms with E-state index in [1.54, 1.807) is 16.9 Å². The first-order valence-electron chi connectivity index (χ1n) is 8.33. The molecule has 130 valence electrons. The molecule has 3 heterocycles. The molecular weight excluding hydrogens is 323 g/mol. The van der Waals surface area contributed by atoms with Crippen molar-refractivity contribution in [3.8, 4) is 0 Å². The number of nitrogens with zero attached hydrogens (tertiary/aromatic N) is 6. The molecule has 0 aliphatic carbocycles. The maximum absolute atomic E-state index is 13.3. The summed E-state index contributed by atoms with van der Waals surface area (Å²) in [5.41, 5.74) is 2.69. The summed E-state index contributed by atoms with van der Waals surface area (Å²) in [6, 6.07) is 4.51. The average Bonchev–Trinajstić information content (AvgIpc) is 3.16. The van der Waals surface area contributed by atoms with Crippen molar-refractivity contribution in [2.24, 2.45) is 7.05 Å². The van der Waals surface area contributed by atoms with Crippen LogP contribution in [0.15, 0.2) is 24.4 Å². The quantitative estimate of drug-likeness (QED) is 0.715. The Bertz CT molecular complexity index is 946. The molecule has 25 heavy (non-hydrogen) atoms. The van der Waals surface area contributed by atoms with E-state index in [2.05, 4.69) is 15.4 Å². The normalized spacial score (nSPS) is 18.0.